The number of likely N-dealkylation sites (tertiary alicyclic amines) is 1. The number of ether oxygens (including phenoxy) is 1. The van der Waals surface area contributed by atoms with Crippen LogP contribution in [0.2, 0.25) is 0 Å². The molecule has 6 heteroatoms. The summed E-state index contributed by atoms with van der Waals surface area (Å²) in [5.74, 6) is 0.652. The molecule has 0 atom stereocenters. The Labute approximate surface area is 152 Å². The molecule has 26 heavy (non-hydrogen) atoms. The molecule has 1 aliphatic rings. The molecule has 1 amide bonds. The molecule has 1 aromatic carbocycles. The lowest BCUT2D eigenvalue weighted by molar-refractivity contribution is -0.134. The molecule has 1 aliphatic heterocycles. The number of hydrogen-bond donors (Lipinski definition) is 0. The first-order valence-electron chi connectivity index (χ1n) is 9.04. The fraction of sp³-hybridized carbons (Fsp3) is 0.350. The third kappa shape index (κ3) is 3.69. The Morgan fingerprint density at radius 1 is 1.04 bits per heavy atom. The fourth-order valence-electron chi connectivity index (χ4n) is 3.47. The number of piperidine rings is 1. The van der Waals surface area contributed by atoms with Gasteiger partial charge in [0.1, 0.15) is 0 Å². The van der Waals surface area contributed by atoms with E-state index in [1.54, 1.807) is 4.40 Å². The van der Waals surface area contributed by atoms with E-state index in [4.69, 9.17) is 4.74 Å². The fourth-order valence-corrected chi connectivity index (χ4v) is 3.47. The van der Waals surface area contributed by atoms with Crippen LogP contribution in [-0.4, -0.2) is 45.1 Å². The highest BCUT2D eigenvalue weighted by Gasteiger charge is 2.23. The third-order valence-corrected chi connectivity index (χ3v) is 4.94. The zero-order chi connectivity index (χ0) is 17.8. The average molecular weight is 350 g/mol. The summed E-state index contributed by atoms with van der Waals surface area (Å²) in [5, 5.41) is 8.01. The smallest absolute Gasteiger partial charge is 0.322 e. The van der Waals surface area contributed by atoms with E-state index in [2.05, 4.69) is 34.5 Å². The lowest BCUT2D eigenvalue weighted by atomic mass is 9.90. The second-order valence-corrected chi connectivity index (χ2v) is 6.71. The predicted octanol–water partition coefficient (Wildman–Crippen LogP) is 2.59. The molecule has 0 bridgehead atoms. The Hall–Kier alpha value is -2.89. The van der Waals surface area contributed by atoms with Crippen molar-refractivity contribution in [1.29, 1.82) is 0 Å². The van der Waals surface area contributed by atoms with Crippen molar-refractivity contribution in [3.63, 3.8) is 0 Å². The number of pyridine rings is 1. The lowest BCUT2D eigenvalue weighted by Gasteiger charge is -2.32. The minimum Gasteiger partial charge on any atom is -0.453 e. The van der Waals surface area contributed by atoms with Gasteiger partial charge in [-0.05, 0) is 42.9 Å². The van der Waals surface area contributed by atoms with Crippen LogP contribution in [0.5, 0.6) is 6.01 Å². The zero-order valence-electron chi connectivity index (χ0n) is 14.6. The maximum Gasteiger partial charge on any atom is 0.322 e. The molecule has 0 saturated carbocycles. The van der Waals surface area contributed by atoms with Gasteiger partial charge in [0.15, 0.2) is 12.3 Å². The summed E-state index contributed by atoms with van der Waals surface area (Å²) in [6.07, 6.45) is 4.98. The molecular formula is C20H22N4O2. The number of hydrogen-bond acceptors (Lipinski definition) is 4. The molecule has 0 aliphatic carbocycles. The molecule has 1 saturated heterocycles. The van der Waals surface area contributed by atoms with Crippen LogP contribution < -0.4 is 4.74 Å². The maximum atomic E-state index is 12.4. The first kappa shape index (κ1) is 16.6. The van der Waals surface area contributed by atoms with Crippen LogP contribution in [0.3, 0.4) is 0 Å². The van der Waals surface area contributed by atoms with E-state index in [1.807, 2.05) is 35.4 Å². The maximum absolute atomic E-state index is 12.4. The van der Waals surface area contributed by atoms with Crippen molar-refractivity contribution < 1.29 is 9.53 Å². The van der Waals surface area contributed by atoms with Crippen LogP contribution >= 0.6 is 0 Å². The van der Waals surface area contributed by atoms with Gasteiger partial charge in [0.2, 0.25) is 0 Å². The highest BCUT2D eigenvalue weighted by Crippen LogP contribution is 2.22. The first-order chi connectivity index (χ1) is 12.8. The monoisotopic (exact) mass is 350 g/mol. The van der Waals surface area contributed by atoms with E-state index in [1.165, 1.54) is 5.56 Å². The number of carbonyl (C=O) groups is 1. The number of fused-ring (bicyclic) bond motifs is 1. The largest absolute Gasteiger partial charge is 0.453 e. The number of carbonyl (C=O) groups excluding carboxylic acids is 1. The van der Waals surface area contributed by atoms with E-state index in [0.717, 1.165) is 32.4 Å². The van der Waals surface area contributed by atoms with Crippen molar-refractivity contribution in [3.05, 3.63) is 60.3 Å². The molecule has 3 aromatic rings. The molecule has 0 N–H and O–H groups in total. The van der Waals surface area contributed by atoms with Crippen LogP contribution in [0.1, 0.15) is 18.4 Å². The summed E-state index contributed by atoms with van der Waals surface area (Å²) in [7, 11) is 0. The van der Waals surface area contributed by atoms with Crippen LogP contribution in [0, 0.1) is 5.92 Å². The van der Waals surface area contributed by atoms with Gasteiger partial charge in [0, 0.05) is 19.3 Å². The molecule has 2 aromatic heterocycles. The summed E-state index contributed by atoms with van der Waals surface area (Å²) < 4.78 is 7.33. The SMILES string of the molecule is O=C(COc1nnc2ccccn12)N1CCC(Cc2ccccc2)CC1. The number of amides is 1. The van der Waals surface area contributed by atoms with Crippen molar-refractivity contribution in [3.8, 4) is 6.01 Å². The van der Waals surface area contributed by atoms with Gasteiger partial charge in [0.05, 0.1) is 0 Å². The third-order valence-electron chi connectivity index (χ3n) is 4.94. The van der Waals surface area contributed by atoms with E-state index < -0.39 is 0 Å². The average Bonchev–Trinajstić information content (AvgIpc) is 3.11. The normalized spacial score (nSPS) is 15.3. The standard InChI is InChI=1S/C20H22N4O2/c25-19(15-26-20-22-21-18-8-4-5-11-24(18)20)23-12-9-17(10-13-23)14-16-6-2-1-3-7-16/h1-8,11,17H,9-10,12-15H2. The van der Waals surface area contributed by atoms with Crippen LogP contribution in [0.4, 0.5) is 0 Å². The van der Waals surface area contributed by atoms with Gasteiger partial charge in [-0.25, -0.2) is 0 Å². The van der Waals surface area contributed by atoms with Crippen LogP contribution in [0.25, 0.3) is 5.65 Å². The Balaban J connectivity index is 1.27. The van der Waals surface area contributed by atoms with Crippen molar-refractivity contribution in [1.82, 2.24) is 19.5 Å². The molecule has 0 spiro atoms. The lowest BCUT2D eigenvalue weighted by Crippen LogP contribution is -2.41. The predicted molar refractivity (Wildman–Crippen MR) is 97.9 cm³/mol. The topological polar surface area (TPSA) is 59.7 Å². The summed E-state index contributed by atoms with van der Waals surface area (Å²) >= 11 is 0. The minimum absolute atomic E-state index is 0.000953. The van der Waals surface area contributed by atoms with Gasteiger partial charge < -0.3 is 9.64 Å². The van der Waals surface area contributed by atoms with Gasteiger partial charge in [0.25, 0.3) is 5.91 Å². The quantitative estimate of drug-likeness (QED) is 0.710. The van der Waals surface area contributed by atoms with Gasteiger partial charge >= 0.3 is 6.01 Å². The molecule has 134 valence electrons. The molecule has 3 heterocycles. The van der Waals surface area contributed by atoms with E-state index in [0.29, 0.717) is 17.6 Å². The molecule has 6 nitrogen and oxygen atoms in total. The second kappa shape index (κ2) is 7.56. The number of nitrogens with zero attached hydrogens (tertiary/aromatic N) is 4. The van der Waals surface area contributed by atoms with E-state index in [-0.39, 0.29) is 12.5 Å². The second-order valence-electron chi connectivity index (χ2n) is 6.71. The summed E-state index contributed by atoms with van der Waals surface area (Å²) in [6, 6.07) is 16.5. The highest BCUT2D eigenvalue weighted by atomic mass is 16.5. The number of benzene rings is 1. The van der Waals surface area contributed by atoms with Gasteiger partial charge in [-0.2, -0.15) is 0 Å². The van der Waals surface area contributed by atoms with Crippen molar-refractivity contribution in [2.45, 2.75) is 19.3 Å². The molecule has 1 fully saturated rings. The number of rotatable bonds is 5. The zero-order valence-corrected chi connectivity index (χ0v) is 14.6. The highest BCUT2D eigenvalue weighted by molar-refractivity contribution is 5.77. The molecule has 0 unspecified atom stereocenters. The van der Waals surface area contributed by atoms with Crippen LogP contribution in [0.15, 0.2) is 54.7 Å². The minimum atomic E-state index is -0.000953. The number of aromatic nitrogens is 3. The first-order valence-corrected chi connectivity index (χ1v) is 9.04. The molecule has 4 rings (SSSR count). The Bertz CT molecular complexity index is 870. The van der Waals surface area contributed by atoms with Crippen molar-refractivity contribution >= 4 is 11.6 Å². The van der Waals surface area contributed by atoms with Gasteiger partial charge in [-0.3, -0.25) is 9.20 Å². The Kier molecular flexibility index (Phi) is 4.82. The van der Waals surface area contributed by atoms with Gasteiger partial charge in [-0.15, -0.1) is 5.10 Å². The Morgan fingerprint density at radius 3 is 2.62 bits per heavy atom. The Morgan fingerprint density at radius 2 is 1.81 bits per heavy atom. The molecule has 0 radical (unpaired) electrons. The van der Waals surface area contributed by atoms with E-state index in [9.17, 15) is 4.79 Å². The summed E-state index contributed by atoms with van der Waals surface area (Å²) in [6.45, 7) is 1.58. The van der Waals surface area contributed by atoms with E-state index >= 15 is 0 Å². The van der Waals surface area contributed by atoms with Crippen molar-refractivity contribution in [2.24, 2.45) is 5.92 Å². The van der Waals surface area contributed by atoms with Gasteiger partial charge in [-0.1, -0.05) is 41.5 Å². The van der Waals surface area contributed by atoms with Crippen molar-refractivity contribution in [2.75, 3.05) is 19.7 Å². The summed E-state index contributed by atoms with van der Waals surface area (Å²) in [5.41, 5.74) is 2.08. The molecular weight excluding hydrogens is 328 g/mol. The summed E-state index contributed by atoms with van der Waals surface area (Å²) in [4.78, 5) is 14.3. The van der Waals surface area contributed by atoms with Crippen LogP contribution in [-0.2, 0) is 11.2 Å².